The second kappa shape index (κ2) is 11.1. The van der Waals surface area contributed by atoms with Crippen molar-refractivity contribution in [2.75, 3.05) is 0 Å². The zero-order valence-electron chi connectivity index (χ0n) is 21.9. The lowest BCUT2D eigenvalue weighted by atomic mass is 9.74. The lowest BCUT2D eigenvalue weighted by molar-refractivity contribution is 0.314. The largest absolute Gasteiger partial charge is 0.207 e. The van der Waals surface area contributed by atoms with Crippen LogP contribution in [0.15, 0.2) is 36.4 Å². The Hall–Kier alpha value is -1.70. The molecule has 190 valence electrons. The van der Waals surface area contributed by atoms with Gasteiger partial charge in [0.05, 0.1) is 0 Å². The third kappa shape index (κ3) is 5.67. The van der Waals surface area contributed by atoms with Gasteiger partial charge in [-0.05, 0) is 134 Å². The molecular weight excluding hydrogens is 434 g/mol. The molecule has 3 aliphatic carbocycles. The summed E-state index contributed by atoms with van der Waals surface area (Å²) in [5, 5.41) is 0. The molecule has 0 N–H and O–H groups in total. The van der Waals surface area contributed by atoms with Crippen LogP contribution in [0.4, 0.5) is 8.78 Å². The van der Waals surface area contributed by atoms with Gasteiger partial charge >= 0.3 is 0 Å². The summed E-state index contributed by atoms with van der Waals surface area (Å²) in [4.78, 5) is 0. The molecule has 0 saturated heterocycles. The molecule has 3 aliphatic rings. The minimum absolute atomic E-state index is 0.00207. The van der Waals surface area contributed by atoms with Gasteiger partial charge < -0.3 is 0 Å². The molecule has 2 aromatic carbocycles. The van der Waals surface area contributed by atoms with Gasteiger partial charge in [-0.2, -0.15) is 0 Å². The van der Waals surface area contributed by atoms with E-state index in [4.69, 9.17) is 0 Å². The number of rotatable bonds is 5. The maximum absolute atomic E-state index is 15.2. The van der Waals surface area contributed by atoms with Crippen LogP contribution in [-0.4, -0.2) is 0 Å². The first-order valence-electron chi connectivity index (χ1n) is 14.6. The van der Waals surface area contributed by atoms with Crippen molar-refractivity contribution in [2.24, 2.45) is 11.8 Å². The van der Waals surface area contributed by atoms with Crippen LogP contribution in [0.1, 0.15) is 143 Å². The summed E-state index contributed by atoms with van der Waals surface area (Å²) in [5.41, 5.74) is 4.19. The van der Waals surface area contributed by atoms with Crippen LogP contribution < -0.4 is 0 Å². The molecule has 0 aliphatic heterocycles. The highest BCUT2D eigenvalue weighted by Gasteiger charge is 2.28. The fourth-order valence-electron chi connectivity index (χ4n) is 7.47. The smallest absolute Gasteiger partial charge is 0.126 e. The van der Waals surface area contributed by atoms with Crippen LogP contribution >= 0.6 is 0 Å². The molecule has 3 fully saturated rings. The van der Waals surface area contributed by atoms with Gasteiger partial charge in [0.1, 0.15) is 11.6 Å². The molecule has 35 heavy (non-hydrogen) atoms. The third-order valence-electron chi connectivity index (χ3n) is 10.0. The molecule has 0 nitrogen and oxygen atoms in total. The standard InChI is InChI=1S/C33H44F2/c1-3-23-6-10-26(11-7-23)30-18-17-29(21-32(30)34)25-12-14-27(15-13-25)31-19-16-28(20-33(31)35)24-8-4-22(2)5-9-24/h16-27H,3-15H2,1-2H3. The Morgan fingerprint density at radius 2 is 0.971 bits per heavy atom. The Kier molecular flexibility index (Phi) is 7.95. The summed E-state index contributed by atoms with van der Waals surface area (Å²) in [6, 6.07) is 12.2. The fraction of sp³-hybridized carbons (Fsp3) is 0.636. The van der Waals surface area contributed by atoms with Gasteiger partial charge in [0.15, 0.2) is 0 Å². The molecule has 0 aromatic heterocycles. The molecule has 0 bridgehead atoms. The minimum atomic E-state index is -0.00207. The van der Waals surface area contributed by atoms with Crippen LogP contribution in [0.2, 0.25) is 0 Å². The summed E-state index contributed by atoms with van der Waals surface area (Å²) in [6.07, 6.45) is 14.9. The molecule has 0 radical (unpaired) electrons. The SMILES string of the molecule is CCC1CCC(c2ccc(C3CCC(c4ccc(C5CCC(C)CC5)cc4F)CC3)cc2F)CC1. The second-order valence-corrected chi connectivity index (χ2v) is 12.2. The van der Waals surface area contributed by atoms with Gasteiger partial charge in [0.2, 0.25) is 0 Å². The van der Waals surface area contributed by atoms with Crippen molar-refractivity contribution in [2.45, 2.75) is 121 Å². The van der Waals surface area contributed by atoms with E-state index in [0.717, 1.165) is 67.1 Å². The van der Waals surface area contributed by atoms with E-state index in [0.29, 0.717) is 23.7 Å². The van der Waals surface area contributed by atoms with Crippen molar-refractivity contribution in [1.29, 1.82) is 0 Å². The summed E-state index contributed by atoms with van der Waals surface area (Å²) < 4.78 is 30.3. The lowest BCUT2D eigenvalue weighted by Crippen LogP contribution is -2.16. The highest BCUT2D eigenvalue weighted by Crippen LogP contribution is 2.44. The van der Waals surface area contributed by atoms with Crippen LogP contribution in [-0.2, 0) is 0 Å². The average Bonchev–Trinajstić information content (AvgIpc) is 2.89. The van der Waals surface area contributed by atoms with Crippen LogP contribution in [0.25, 0.3) is 0 Å². The van der Waals surface area contributed by atoms with Gasteiger partial charge in [0, 0.05) is 0 Å². The number of hydrogen-bond acceptors (Lipinski definition) is 0. The van der Waals surface area contributed by atoms with Crippen LogP contribution in [0.5, 0.6) is 0 Å². The molecule has 2 aromatic rings. The van der Waals surface area contributed by atoms with Gasteiger partial charge in [-0.1, -0.05) is 57.4 Å². The van der Waals surface area contributed by atoms with Crippen molar-refractivity contribution in [3.05, 3.63) is 70.3 Å². The first kappa shape index (κ1) is 25.0. The van der Waals surface area contributed by atoms with Gasteiger partial charge in [0.25, 0.3) is 0 Å². The zero-order chi connectivity index (χ0) is 24.4. The molecule has 0 spiro atoms. The molecule has 5 rings (SSSR count). The van der Waals surface area contributed by atoms with E-state index in [1.165, 1.54) is 50.5 Å². The summed E-state index contributed by atoms with van der Waals surface area (Å²) in [7, 11) is 0. The molecule has 0 atom stereocenters. The maximum Gasteiger partial charge on any atom is 0.126 e. The molecule has 0 unspecified atom stereocenters. The van der Waals surface area contributed by atoms with E-state index in [1.807, 2.05) is 12.1 Å². The quantitative estimate of drug-likeness (QED) is 0.401. The van der Waals surface area contributed by atoms with E-state index in [-0.39, 0.29) is 11.6 Å². The highest BCUT2D eigenvalue weighted by molar-refractivity contribution is 5.32. The van der Waals surface area contributed by atoms with E-state index < -0.39 is 0 Å². The maximum atomic E-state index is 15.2. The average molecular weight is 479 g/mol. The van der Waals surface area contributed by atoms with Crippen LogP contribution in [0, 0.1) is 23.5 Å². The van der Waals surface area contributed by atoms with Crippen molar-refractivity contribution < 1.29 is 8.78 Å². The Labute approximate surface area is 211 Å². The van der Waals surface area contributed by atoms with Gasteiger partial charge in [-0.15, -0.1) is 0 Å². The molecule has 0 heterocycles. The molecule has 0 amide bonds. The Morgan fingerprint density at radius 1 is 0.571 bits per heavy atom. The zero-order valence-corrected chi connectivity index (χ0v) is 21.9. The Morgan fingerprint density at radius 3 is 1.40 bits per heavy atom. The van der Waals surface area contributed by atoms with Crippen molar-refractivity contribution in [3.8, 4) is 0 Å². The van der Waals surface area contributed by atoms with Crippen LogP contribution in [0.3, 0.4) is 0 Å². The first-order chi connectivity index (χ1) is 17.0. The fourth-order valence-corrected chi connectivity index (χ4v) is 7.47. The van der Waals surface area contributed by atoms with Crippen molar-refractivity contribution in [1.82, 2.24) is 0 Å². The summed E-state index contributed by atoms with van der Waals surface area (Å²) in [6.45, 7) is 4.60. The summed E-state index contributed by atoms with van der Waals surface area (Å²) in [5.74, 6) is 3.27. The van der Waals surface area contributed by atoms with E-state index >= 15 is 8.78 Å². The minimum Gasteiger partial charge on any atom is -0.207 e. The molecular formula is C33H44F2. The number of hydrogen-bond donors (Lipinski definition) is 0. The molecule has 2 heteroatoms. The number of benzene rings is 2. The van der Waals surface area contributed by atoms with E-state index in [2.05, 4.69) is 38.1 Å². The number of halogens is 2. The topological polar surface area (TPSA) is 0 Å². The monoisotopic (exact) mass is 478 g/mol. The normalized spacial score (nSPS) is 31.9. The Balaban J connectivity index is 1.18. The first-order valence-corrected chi connectivity index (χ1v) is 14.6. The molecule has 3 saturated carbocycles. The predicted octanol–water partition coefficient (Wildman–Crippen LogP) is 10.4. The van der Waals surface area contributed by atoms with Gasteiger partial charge in [-0.25, -0.2) is 8.78 Å². The second-order valence-electron chi connectivity index (χ2n) is 12.2. The van der Waals surface area contributed by atoms with Gasteiger partial charge in [-0.3, -0.25) is 0 Å². The highest BCUT2D eigenvalue weighted by atomic mass is 19.1. The van der Waals surface area contributed by atoms with Crippen molar-refractivity contribution in [3.63, 3.8) is 0 Å². The third-order valence-corrected chi connectivity index (χ3v) is 10.0. The Bertz CT molecular complexity index is 971. The van der Waals surface area contributed by atoms with E-state index in [9.17, 15) is 0 Å². The summed E-state index contributed by atoms with van der Waals surface area (Å²) >= 11 is 0. The van der Waals surface area contributed by atoms with Crippen molar-refractivity contribution >= 4 is 0 Å². The predicted molar refractivity (Wildman–Crippen MR) is 142 cm³/mol. The van der Waals surface area contributed by atoms with E-state index in [1.54, 1.807) is 0 Å². The lowest BCUT2D eigenvalue weighted by Gasteiger charge is -2.31.